The SMILES string of the molecule is Cn1c(=O)c2c(ncn2CCNc2cc(F)cc(F)c2)n(C)c1=O. The molecule has 0 radical (unpaired) electrons. The number of nitrogens with zero attached hydrogens (tertiary/aromatic N) is 4. The molecule has 0 atom stereocenters. The van der Waals surface area contributed by atoms with Gasteiger partial charge < -0.3 is 9.88 Å². The van der Waals surface area contributed by atoms with E-state index in [0.29, 0.717) is 29.9 Å². The first-order chi connectivity index (χ1) is 11.4. The Balaban J connectivity index is 1.86. The lowest BCUT2D eigenvalue weighted by Gasteiger charge is -2.09. The van der Waals surface area contributed by atoms with Crippen LogP contribution in [-0.2, 0) is 20.6 Å². The van der Waals surface area contributed by atoms with Crippen LogP contribution in [0.25, 0.3) is 11.2 Å². The number of halogens is 2. The minimum Gasteiger partial charge on any atom is -0.383 e. The first-order valence-corrected chi connectivity index (χ1v) is 7.19. The van der Waals surface area contributed by atoms with Gasteiger partial charge in [-0.15, -0.1) is 0 Å². The van der Waals surface area contributed by atoms with Crippen LogP contribution in [0, 0.1) is 11.6 Å². The zero-order valence-corrected chi connectivity index (χ0v) is 13.1. The van der Waals surface area contributed by atoms with E-state index >= 15 is 0 Å². The third kappa shape index (κ3) is 2.68. The lowest BCUT2D eigenvalue weighted by Crippen LogP contribution is -2.37. The Hall–Kier alpha value is -2.97. The highest BCUT2D eigenvalue weighted by Gasteiger charge is 2.13. The molecule has 0 aliphatic heterocycles. The van der Waals surface area contributed by atoms with Crippen LogP contribution in [-0.4, -0.2) is 25.2 Å². The van der Waals surface area contributed by atoms with Crippen molar-refractivity contribution in [1.29, 1.82) is 0 Å². The summed E-state index contributed by atoms with van der Waals surface area (Å²) in [5, 5.41) is 2.88. The maximum atomic E-state index is 13.1. The molecule has 0 unspecified atom stereocenters. The number of hydrogen-bond acceptors (Lipinski definition) is 4. The number of benzene rings is 1. The Morgan fingerprint density at radius 1 is 1.08 bits per heavy atom. The molecule has 0 aliphatic carbocycles. The van der Waals surface area contributed by atoms with Crippen molar-refractivity contribution in [2.75, 3.05) is 11.9 Å². The van der Waals surface area contributed by atoms with Gasteiger partial charge >= 0.3 is 5.69 Å². The molecular formula is C15H15F2N5O2. The number of aromatic nitrogens is 4. The van der Waals surface area contributed by atoms with Crippen LogP contribution in [0.15, 0.2) is 34.1 Å². The van der Waals surface area contributed by atoms with Crippen molar-refractivity contribution in [3.8, 4) is 0 Å². The fourth-order valence-electron chi connectivity index (χ4n) is 2.54. The molecule has 0 spiro atoms. The number of hydrogen-bond donors (Lipinski definition) is 1. The highest BCUT2D eigenvalue weighted by molar-refractivity contribution is 5.69. The van der Waals surface area contributed by atoms with Crippen molar-refractivity contribution in [2.24, 2.45) is 14.1 Å². The molecule has 0 aliphatic rings. The molecule has 0 fully saturated rings. The second-order valence-electron chi connectivity index (χ2n) is 5.40. The van der Waals surface area contributed by atoms with E-state index < -0.39 is 22.9 Å². The molecule has 2 aromatic heterocycles. The van der Waals surface area contributed by atoms with Gasteiger partial charge in [-0.05, 0) is 12.1 Å². The summed E-state index contributed by atoms with van der Waals surface area (Å²) >= 11 is 0. The van der Waals surface area contributed by atoms with E-state index in [1.807, 2.05) is 0 Å². The average molecular weight is 335 g/mol. The van der Waals surface area contributed by atoms with Crippen LogP contribution in [0.3, 0.4) is 0 Å². The van der Waals surface area contributed by atoms with Crippen LogP contribution in [0.5, 0.6) is 0 Å². The largest absolute Gasteiger partial charge is 0.383 e. The molecule has 0 amide bonds. The van der Waals surface area contributed by atoms with E-state index in [9.17, 15) is 18.4 Å². The lowest BCUT2D eigenvalue weighted by molar-refractivity contribution is 0.584. The quantitative estimate of drug-likeness (QED) is 0.766. The molecule has 1 N–H and O–H groups in total. The smallest absolute Gasteiger partial charge is 0.332 e. The maximum absolute atomic E-state index is 13.1. The van der Waals surface area contributed by atoms with Crippen LogP contribution >= 0.6 is 0 Å². The van der Waals surface area contributed by atoms with Gasteiger partial charge in [0, 0.05) is 38.9 Å². The molecule has 3 aromatic rings. The zero-order valence-electron chi connectivity index (χ0n) is 13.1. The number of anilines is 1. The normalized spacial score (nSPS) is 11.2. The zero-order chi connectivity index (χ0) is 17.4. The van der Waals surface area contributed by atoms with Gasteiger partial charge in [-0.2, -0.15) is 0 Å². The van der Waals surface area contributed by atoms with Crippen LogP contribution in [0.2, 0.25) is 0 Å². The van der Waals surface area contributed by atoms with Gasteiger partial charge in [0.25, 0.3) is 5.56 Å². The second-order valence-corrected chi connectivity index (χ2v) is 5.40. The van der Waals surface area contributed by atoms with E-state index in [4.69, 9.17) is 0 Å². The monoisotopic (exact) mass is 335 g/mol. The summed E-state index contributed by atoms with van der Waals surface area (Å²) in [4.78, 5) is 28.2. The van der Waals surface area contributed by atoms with E-state index in [1.54, 1.807) is 4.57 Å². The lowest BCUT2D eigenvalue weighted by atomic mass is 10.3. The fraction of sp³-hybridized carbons (Fsp3) is 0.267. The standard InChI is InChI=1S/C15H15F2N5O2/c1-20-13-12(14(23)21(2)15(20)24)22(8-19-13)4-3-18-11-6-9(16)5-10(17)7-11/h5-8,18H,3-4H2,1-2H3. The van der Waals surface area contributed by atoms with Gasteiger partial charge in [0.05, 0.1) is 6.33 Å². The summed E-state index contributed by atoms with van der Waals surface area (Å²) in [6, 6.07) is 3.15. The first-order valence-electron chi connectivity index (χ1n) is 7.19. The summed E-state index contributed by atoms with van der Waals surface area (Å²) in [6.07, 6.45) is 1.46. The van der Waals surface area contributed by atoms with E-state index in [-0.39, 0.29) is 0 Å². The number of imidazole rings is 1. The number of nitrogens with one attached hydrogen (secondary N) is 1. The Kier molecular flexibility index (Phi) is 3.92. The molecule has 24 heavy (non-hydrogen) atoms. The summed E-state index contributed by atoms with van der Waals surface area (Å²) in [6.45, 7) is 0.655. The van der Waals surface area contributed by atoms with Crippen molar-refractivity contribution < 1.29 is 8.78 Å². The van der Waals surface area contributed by atoms with Gasteiger partial charge in [0.1, 0.15) is 11.6 Å². The van der Waals surface area contributed by atoms with Crippen molar-refractivity contribution in [3.63, 3.8) is 0 Å². The van der Waals surface area contributed by atoms with E-state index in [2.05, 4.69) is 10.3 Å². The summed E-state index contributed by atoms with van der Waals surface area (Å²) in [5.74, 6) is -1.34. The van der Waals surface area contributed by atoms with Crippen molar-refractivity contribution in [1.82, 2.24) is 18.7 Å². The third-order valence-corrected chi connectivity index (χ3v) is 3.76. The average Bonchev–Trinajstić information content (AvgIpc) is 2.94. The van der Waals surface area contributed by atoms with Gasteiger partial charge in [-0.3, -0.25) is 13.9 Å². The fourth-order valence-corrected chi connectivity index (χ4v) is 2.54. The molecule has 0 bridgehead atoms. The summed E-state index contributed by atoms with van der Waals surface area (Å²) in [5.41, 5.74) is -0.00235. The van der Waals surface area contributed by atoms with Crippen molar-refractivity contribution in [2.45, 2.75) is 6.54 Å². The highest BCUT2D eigenvalue weighted by Crippen LogP contribution is 2.13. The van der Waals surface area contributed by atoms with Crippen LogP contribution in [0.4, 0.5) is 14.5 Å². The Labute approximate surface area is 134 Å². The molecule has 1 aromatic carbocycles. The molecule has 126 valence electrons. The van der Waals surface area contributed by atoms with E-state index in [0.717, 1.165) is 10.6 Å². The number of aryl methyl sites for hydroxylation is 1. The molecule has 0 saturated heterocycles. The number of fused-ring (bicyclic) bond motifs is 1. The number of rotatable bonds is 4. The molecule has 9 heteroatoms. The van der Waals surface area contributed by atoms with E-state index in [1.165, 1.54) is 37.1 Å². The molecule has 2 heterocycles. The Morgan fingerprint density at radius 2 is 1.75 bits per heavy atom. The first kappa shape index (κ1) is 15.9. The molecule has 0 saturated carbocycles. The predicted molar refractivity (Wildman–Crippen MR) is 85.1 cm³/mol. The van der Waals surface area contributed by atoms with Crippen LogP contribution in [0.1, 0.15) is 0 Å². The van der Waals surface area contributed by atoms with Gasteiger partial charge in [0.15, 0.2) is 11.2 Å². The van der Waals surface area contributed by atoms with Gasteiger partial charge in [-0.25, -0.2) is 18.6 Å². The topological polar surface area (TPSA) is 73.8 Å². The molecule has 3 rings (SSSR count). The Bertz CT molecular complexity index is 1010. The molecular weight excluding hydrogens is 320 g/mol. The van der Waals surface area contributed by atoms with Crippen LogP contribution < -0.4 is 16.6 Å². The highest BCUT2D eigenvalue weighted by atomic mass is 19.1. The third-order valence-electron chi connectivity index (χ3n) is 3.76. The summed E-state index contributed by atoms with van der Waals surface area (Å²) in [7, 11) is 2.93. The second kappa shape index (κ2) is 5.91. The minimum atomic E-state index is -0.672. The van der Waals surface area contributed by atoms with Crippen molar-refractivity contribution in [3.05, 3.63) is 57.0 Å². The minimum absolute atomic E-state index is 0.292. The Morgan fingerprint density at radius 3 is 2.42 bits per heavy atom. The maximum Gasteiger partial charge on any atom is 0.332 e. The molecule has 7 nitrogen and oxygen atoms in total. The van der Waals surface area contributed by atoms with Gasteiger partial charge in [-0.1, -0.05) is 0 Å². The van der Waals surface area contributed by atoms with Crippen molar-refractivity contribution >= 4 is 16.9 Å². The predicted octanol–water partition coefficient (Wildman–Crippen LogP) is 0.824. The van der Waals surface area contributed by atoms with Gasteiger partial charge in [0.2, 0.25) is 0 Å². The summed E-state index contributed by atoms with van der Waals surface area (Å²) < 4.78 is 30.2.